The first kappa shape index (κ1) is 10.4. The van der Waals surface area contributed by atoms with Crippen LogP contribution in [0.2, 0.25) is 0 Å². The van der Waals surface area contributed by atoms with Gasteiger partial charge >= 0.3 is 0 Å². The molecule has 0 spiro atoms. The lowest BCUT2D eigenvalue weighted by Gasteiger charge is -2.29. The maximum Gasteiger partial charge on any atom is 0.143 e. The van der Waals surface area contributed by atoms with Crippen LogP contribution in [0.1, 0.15) is 24.8 Å². The lowest BCUT2D eigenvalue weighted by atomic mass is 10.1. The average molecular weight is 282 g/mol. The zero-order chi connectivity index (χ0) is 11.3. The molecule has 86 valence electrons. The summed E-state index contributed by atoms with van der Waals surface area (Å²) in [6, 6.07) is 0.705. The molecule has 0 aromatic carbocycles. The molecule has 0 radical (unpaired) electrons. The molecule has 2 bridgehead atoms. The van der Waals surface area contributed by atoms with E-state index in [1.165, 1.54) is 25.8 Å². The topological polar surface area (TPSA) is 42.1 Å². The summed E-state index contributed by atoms with van der Waals surface area (Å²) < 4.78 is 1.07. The van der Waals surface area contributed by atoms with Gasteiger partial charge in [0.05, 0.1) is 16.4 Å². The van der Waals surface area contributed by atoms with Crippen molar-refractivity contribution >= 4 is 27.4 Å². The molecule has 4 heteroatoms. The summed E-state index contributed by atoms with van der Waals surface area (Å²) in [6.07, 6.45) is 5.84. The molecular formula is C12H16BrN3. The van der Waals surface area contributed by atoms with Gasteiger partial charge in [-0.1, -0.05) is 0 Å². The maximum atomic E-state index is 5.85. The minimum absolute atomic E-state index is 0.705. The van der Waals surface area contributed by atoms with E-state index in [1.807, 2.05) is 6.92 Å². The SMILES string of the molecule is Cc1c(N)cnc(N2CC3CCC2C3)c1Br. The predicted molar refractivity (Wildman–Crippen MR) is 69.6 cm³/mol. The van der Waals surface area contributed by atoms with Gasteiger partial charge in [-0.3, -0.25) is 0 Å². The second kappa shape index (κ2) is 3.62. The number of anilines is 2. The van der Waals surface area contributed by atoms with Gasteiger partial charge in [0.1, 0.15) is 5.82 Å². The summed E-state index contributed by atoms with van der Waals surface area (Å²) in [6.45, 7) is 3.21. The Balaban J connectivity index is 1.98. The first-order chi connectivity index (χ1) is 7.66. The van der Waals surface area contributed by atoms with Gasteiger partial charge in [-0.2, -0.15) is 0 Å². The van der Waals surface area contributed by atoms with Crippen LogP contribution in [0.15, 0.2) is 10.7 Å². The number of hydrogen-bond donors (Lipinski definition) is 1. The summed E-state index contributed by atoms with van der Waals surface area (Å²) in [5, 5.41) is 0. The van der Waals surface area contributed by atoms with Crippen molar-refractivity contribution in [2.45, 2.75) is 32.2 Å². The van der Waals surface area contributed by atoms with Gasteiger partial charge in [0.25, 0.3) is 0 Å². The summed E-state index contributed by atoms with van der Waals surface area (Å²) in [5.41, 5.74) is 7.72. The monoisotopic (exact) mass is 281 g/mol. The zero-order valence-electron chi connectivity index (χ0n) is 9.41. The van der Waals surface area contributed by atoms with Gasteiger partial charge in [0.15, 0.2) is 0 Å². The molecular weight excluding hydrogens is 266 g/mol. The van der Waals surface area contributed by atoms with Crippen molar-refractivity contribution in [1.82, 2.24) is 4.98 Å². The highest BCUT2D eigenvalue weighted by Gasteiger charge is 2.39. The first-order valence-corrected chi connectivity index (χ1v) is 6.63. The van der Waals surface area contributed by atoms with E-state index in [0.717, 1.165) is 27.5 Å². The number of pyridine rings is 1. The van der Waals surface area contributed by atoms with Gasteiger partial charge in [-0.15, -0.1) is 0 Å². The van der Waals surface area contributed by atoms with E-state index in [9.17, 15) is 0 Å². The molecule has 3 rings (SSSR count). The van der Waals surface area contributed by atoms with Crippen LogP contribution in [0.3, 0.4) is 0 Å². The number of fused-ring (bicyclic) bond motifs is 2. The van der Waals surface area contributed by atoms with Crippen molar-refractivity contribution < 1.29 is 0 Å². The molecule has 2 N–H and O–H groups in total. The Kier molecular flexibility index (Phi) is 2.35. The molecule has 1 saturated heterocycles. The molecule has 3 nitrogen and oxygen atoms in total. The summed E-state index contributed by atoms with van der Waals surface area (Å²) >= 11 is 3.63. The number of nitrogen functional groups attached to an aromatic ring is 1. The summed E-state index contributed by atoms with van der Waals surface area (Å²) in [4.78, 5) is 6.94. The second-order valence-electron chi connectivity index (χ2n) is 4.96. The Morgan fingerprint density at radius 2 is 2.31 bits per heavy atom. The van der Waals surface area contributed by atoms with E-state index in [0.29, 0.717) is 6.04 Å². The molecule has 2 heterocycles. The van der Waals surface area contributed by atoms with Crippen LogP contribution >= 0.6 is 15.9 Å². The second-order valence-corrected chi connectivity index (χ2v) is 5.75. The standard InChI is InChI=1S/C12H16BrN3/c1-7-10(14)5-15-12(11(7)13)16-6-8-2-3-9(16)4-8/h5,8-9H,2-4,6,14H2,1H3. The molecule has 1 aliphatic heterocycles. The van der Waals surface area contributed by atoms with Crippen molar-refractivity contribution in [3.05, 3.63) is 16.2 Å². The molecule has 2 aliphatic rings. The van der Waals surface area contributed by atoms with Gasteiger partial charge in [0, 0.05) is 12.6 Å². The van der Waals surface area contributed by atoms with Gasteiger partial charge in [-0.25, -0.2) is 4.98 Å². The summed E-state index contributed by atoms with van der Waals surface area (Å²) in [7, 11) is 0. The smallest absolute Gasteiger partial charge is 0.143 e. The van der Waals surface area contributed by atoms with Crippen LogP contribution in [-0.2, 0) is 0 Å². The van der Waals surface area contributed by atoms with Crippen LogP contribution in [-0.4, -0.2) is 17.6 Å². The van der Waals surface area contributed by atoms with Crippen molar-refractivity contribution in [2.24, 2.45) is 5.92 Å². The van der Waals surface area contributed by atoms with E-state index >= 15 is 0 Å². The Labute approximate surface area is 104 Å². The van der Waals surface area contributed by atoms with Gasteiger partial charge in [-0.05, 0) is 53.6 Å². The molecule has 1 aromatic heterocycles. The van der Waals surface area contributed by atoms with Gasteiger partial charge in [0.2, 0.25) is 0 Å². The third-order valence-electron chi connectivity index (χ3n) is 3.97. The number of nitrogens with zero attached hydrogens (tertiary/aromatic N) is 2. The van der Waals surface area contributed by atoms with Crippen LogP contribution < -0.4 is 10.6 Å². The minimum atomic E-state index is 0.705. The number of aromatic nitrogens is 1. The molecule has 1 saturated carbocycles. The third-order valence-corrected chi connectivity index (χ3v) is 4.92. The quantitative estimate of drug-likeness (QED) is 0.861. The molecule has 2 fully saturated rings. The molecule has 2 atom stereocenters. The minimum Gasteiger partial charge on any atom is -0.397 e. The number of rotatable bonds is 1. The number of halogens is 1. The van der Waals surface area contributed by atoms with Crippen LogP contribution in [0.25, 0.3) is 0 Å². The van der Waals surface area contributed by atoms with Gasteiger partial charge < -0.3 is 10.6 Å². The van der Waals surface area contributed by atoms with Crippen molar-refractivity contribution in [1.29, 1.82) is 0 Å². The molecule has 0 amide bonds. The average Bonchev–Trinajstić information content (AvgIpc) is 2.88. The Morgan fingerprint density at radius 1 is 1.50 bits per heavy atom. The fourth-order valence-electron chi connectivity index (χ4n) is 2.96. The Morgan fingerprint density at radius 3 is 2.94 bits per heavy atom. The Bertz CT molecular complexity index is 433. The van der Waals surface area contributed by atoms with E-state index in [-0.39, 0.29) is 0 Å². The highest BCUT2D eigenvalue weighted by Crippen LogP contribution is 2.42. The van der Waals surface area contributed by atoms with Crippen molar-refractivity contribution in [2.75, 3.05) is 17.2 Å². The number of hydrogen-bond acceptors (Lipinski definition) is 3. The van der Waals surface area contributed by atoms with Crippen molar-refractivity contribution in [3.63, 3.8) is 0 Å². The predicted octanol–water partition coefficient (Wildman–Crippen LogP) is 2.72. The van der Waals surface area contributed by atoms with Crippen LogP contribution in [0, 0.1) is 12.8 Å². The zero-order valence-corrected chi connectivity index (χ0v) is 11.0. The number of piperidine rings is 1. The van der Waals surface area contributed by atoms with E-state index in [1.54, 1.807) is 6.20 Å². The lowest BCUT2D eigenvalue weighted by Crippen LogP contribution is -2.33. The first-order valence-electron chi connectivity index (χ1n) is 5.84. The van der Waals surface area contributed by atoms with E-state index in [2.05, 4.69) is 25.8 Å². The highest BCUT2D eigenvalue weighted by molar-refractivity contribution is 9.10. The number of nitrogens with two attached hydrogens (primary N) is 1. The third kappa shape index (κ3) is 1.43. The Hall–Kier alpha value is -0.770. The normalized spacial score (nSPS) is 27.8. The molecule has 1 aliphatic carbocycles. The largest absolute Gasteiger partial charge is 0.397 e. The van der Waals surface area contributed by atoms with Crippen LogP contribution in [0.4, 0.5) is 11.5 Å². The fourth-order valence-corrected chi connectivity index (χ4v) is 3.52. The fraction of sp³-hybridized carbons (Fsp3) is 0.583. The molecule has 1 aromatic rings. The molecule has 16 heavy (non-hydrogen) atoms. The lowest BCUT2D eigenvalue weighted by molar-refractivity contribution is 0.550. The maximum absolute atomic E-state index is 5.85. The van der Waals surface area contributed by atoms with Crippen molar-refractivity contribution in [3.8, 4) is 0 Å². The summed E-state index contributed by atoms with van der Waals surface area (Å²) in [5.74, 6) is 1.97. The van der Waals surface area contributed by atoms with Crippen LogP contribution in [0.5, 0.6) is 0 Å². The molecule has 2 unspecified atom stereocenters. The highest BCUT2D eigenvalue weighted by atomic mass is 79.9. The van der Waals surface area contributed by atoms with E-state index < -0.39 is 0 Å². The van der Waals surface area contributed by atoms with E-state index in [4.69, 9.17) is 5.73 Å².